The Balaban J connectivity index is 1.87. The molecule has 1 aromatic rings. The zero-order valence-corrected chi connectivity index (χ0v) is 11.9. The fourth-order valence-electron chi connectivity index (χ4n) is 2.21. The number of ether oxygens (including phenoxy) is 1. The summed E-state index contributed by atoms with van der Waals surface area (Å²) in [5.41, 5.74) is 0.184. The van der Waals surface area contributed by atoms with Crippen LogP contribution in [0.3, 0.4) is 0 Å². The lowest BCUT2D eigenvalue weighted by Gasteiger charge is -2.09. The van der Waals surface area contributed by atoms with Gasteiger partial charge in [-0.05, 0) is 31.9 Å². The van der Waals surface area contributed by atoms with E-state index in [0.29, 0.717) is 6.42 Å². The van der Waals surface area contributed by atoms with Crippen molar-refractivity contribution < 1.29 is 23.1 Å². The molecule has 0 saturated heterocycles. The van der Waals surface area contributed by atoms with Crippen molar-refractivity contribution in [2.75, 3.05) is 6.61 Å². The summed E-state index contributed by atoms with van der Waals surface area (Å²) in [5.74, 6) is -3.66. The molecule has 1 amide bonds. The predicted octanol–water partition coefficient (Wildman–Crippen LogP) is 2.14. The maximum Gasteiger partial charge on any atom is 0.310 e. The molecule has 1 saturated carbocycles. The maximum absolute atomic E-state index is 13.6. The van der Waals surface area contributed by atoms with Crippen LogP contribution in [0.15, 0.2) is 18.2 Å². The highest BCUT2D eigenvalue weighted by atomic mass is 19.2. The number of benzene rings is 1. The van der Waals surface area contributed by atoms with Crippen LogP contribution in [-0.2, 0) is 14.3 Å². The number of amides is 1. The Hall–Kier alpha value is -1.98. The first-order valence-corrected chi connectivity index (χ1v) is 6.80. The molecule has 0 aliphatic heterocycles. The molecule has 0 unspecified atom stereocenters. The summed E-state index contributed by atoms with van der Waals surface area (Å²) in [6, 6.07) is 3.86. The van der Waals surface area contributed by atoms with Crippen molar-refractivity contribution in [3.05, 3.63) is 35.4 Å². The first-order chi connectivity index (χ1) is 9.90. The average molecular weight is 297 g/mol. The van der Waals surface area contributed by atoms with Crippen LogP contribution in [-0.4, -0.2) is 24.5 Å². The Labute approximate surface area is 121 Å². The lowest BCUT2D eigenvalue weighted by molar-refractivity contribution is -0.150. The van der Waals surface area contributed by atoms with Crippen molar-refractivity contribution >= 4 is 11.9 Å². The van der Waals surface area contributed by atoms with Crippen LogP contribution in [0.5, 0.6) is 0 Å². The van der Waals surface area contributed by atoms with Crippen molar-refractivity contribution in [2.24, 2.45) is 5.92 Å². The summed E-state index contributed by atoms with van der Waals surface area (Å²) in [7, 11) is 0. The number of carbonyl (C=O) groups is 2. The minimum atomic E-state index is -0.928. The van der Waals surface area contributed by atoms with E-state index in [-0.39, 0.29) is 30.0 Å². The van der Waals surface area contributed by atoms with Gasteiger partial charge in [0.05, 0.1) is 5.92 Å². The Morgan fingerprint density at radius 2 is 2.10 bits per heavy atom. The second-order valence-corrected chi connectivity index (χ2v) is 5.42. The van der Waals surface area contributed by atoms with Crippen molar-refractivity contribution in [1.29, 1.82) is 0 Å². The molecule has 1 aliphatic rings. The molecule has 0 radical (unpaired) electrons. The Bertz CT molecular complexity index is 560. The number of nitrogens with one attached hydrogen (secondary N) is 1. The van der Waals surface area contributed by atoms with E-state index in [4.69, 9.17) is 4.74 Å². The average Bonchev–Trinajstić information content (AvgIpc) is 3.18. The van der Waals surface area contributed by atoms with Crippen LogP contribution < -0.4 is 5.32 Å². The summed E-state index contributed by atoms with van der Waals surface area (Å²) in [6.07, 6.45) is 0.408. The van der Waals surface area contributed by atoms with E-state index in [1.54, 1.807) is 13.8 Å². The molecule has 1 aliphatic carbocycles. The van der Waals surface area contributed by atoms with Crippen LogP contribution in [0.2, 0.25) is 0 Å². The molecule has 21 heavy (non-hydrogen) atoms. The molecular weight excluding hydrogens is 280 g/mol. The normalized spacial score (nSPS) is 20.2. The highest BCUT2D eigenvalue weighted by molar-refractivity contribution is 5.83. The quantitative estimate of drug-likeness (QED) is 0.847. The lowest BCUT2D eigenvalue weighted by Crippen LogP contribution is -2.34. The van der Waals surface area contributed by atoms with Gasteiger partial charge in [0.25, 0.3) is 5.91 Å². The third-order valence-corrected chi connectivity index (χ3v) is 3.27. The molecule has 2 atom stereocenters. The molecule has 0 spiro atoms. The SMILES string of the molecule is CC(C)NC(=O)COC(=O)[C@H]1C[C@H]1c1cccc(F)c1F. The predicted molar refractivity (Wildman–Crippen MR) is 71.4 cm³/mol. The van der Waals surface area contributed by atoms with Crippen LogP contribution in [0, 0.1) is 17.6 Å². The third kappa shape index (κ3) is 3.77. The Morgan fingerprint density at radius 3 is 2.76 bits per heavy atom. The smallest absolute Gasteiger partial charge is 0.310 e. The molecule has 1 aromatic carbocycles. The van der Waals surface area contributed by atoms with Gasteiger partial charge in [-0.3, -0.25) is 9.59 Å². The molecule has 0 bridgehead atoms. The van der Waals surface area contributed by atoms with Gasteiger partial charge in [0.1, 0.15) is 0 Å². The molecule has 4 nitrogen and oxygen atoms in total. The number of halogens is 2. The Kier molecular flexibility index (Phi) is 4.55. The fraction of sp³-hybridized carbons (Fsp3) is 0.467. The molecule has 0 heterocycles. The van der Waals surface area contributed by atoms with Gasteiger partial charge in [0.2, 0.25) is 0 Å². The van der Waals surface area contributed by atoms with E-state index in [1.807, 2.05) is 0 Å². The van der Waals surface area contributed by atoms with Gasteiger partial charge in [-0.1, -0.05) is 12.1 Å². The molecular formula is C15H17F2NO3. The zero-order valence-electron chi connectivity index (χ0n) is 11.9. The Morgan fingerprint density at radius 1 is 1.38 bits per heavy atom. The number of esters is 1. The molecule has 1 N–H and O–H groups in total. The highest BCUT2D eigenvalue weighted by Gasteiger charge is 2.46. The van der Waals surface area contributed by atoms with Crippen LogP contribution in [0.25, 0.3) is 0 Å². The van der Waals surface area contributed by atoms with Crippen molar-refractivity contribution in [1.82, 2.24) is 5.32 Å². The minimum Gasteiger partial charge on any atom is -0.455 e. The summed E-state index contributed by atoms with van der Waals surface area (Å²) in [5, 5.41) is 2.59. The number of hydrogen-bond acceptors (Lipinski definition) is 3. The van der Waals surface area contributed by atoms with Gasteiger partial charge < -0.3 is 10.1 Å². The lowest BCUT2D eigenvalue weighted by atomic mass is 10.1. The van der Waals surface area contributed by atoms with E-state index in [0.717, 1.165) is 6.07 Å². The highest BCUT2D eigenvalue weighted by Crippen LogP contribution is 2.49. The van der Waals surface area contributed by atoms with Crippen LogP contribution >= 0.6 is 0 Å². The molecule has 1 fully saturated rings. The van der Waals surface area contributed by atoms with Gasteiger partial charge in [0.15, 0.2) is 18.2 Å². The van der Waals surface area contributed by atoms with E-state index in [1.165, 1.54) is 12.1 Å². The van der Waals surface area contributed by atoms with Gasteiger partial charge in [0, 0.05) is 12.0 Å². The zero-order chi connectivity index (χ0) is 15.6. The fourth-order valence-corrected chi connectivity index (χ4v) is 2.21. The van der Waals surface area contributed by atoms with Crippen molar-refractivity contribution in [2.45, 2.75) is 32.2 Å². The van der Waals surface area contributed by atoms with Crippen molar-refractivity contribution in [3.63, 3.8) is 0 Å². The van der Waals surface area contributed by atoms with E-state index >= 15 is 0 Å². The van der Waals surface area contributed by atoms with Crippen molar-refractivity contribution in [3.8, 4) is 0 Å². The van der Waals surface area contributed by atoms with E-state index < -0.39 is 23.5 Å². The topological polar surface area (TPSA) is 55.4 Å². The van der Waals surface area contributed by atoms with Crippen LogP contribution in [0.4, 0.5) is 8.78 Å². The summed E-state index contributed by atoms with van der Waals surface area (Å²) in [4.78, 5) is 23.1. The molecule has 0 aromatic heterocycles. The molecule has 2 rings (SSSR count). The number of rotatable bonds is 5. The first kappa shape index (κ1) is 15.4. The second-order valence-electron chi connectivity index (χ2n) is 5.42. The number of hydrogen-bond donors (Lipinski definition) is 1. The molecule has 6 heteroatoms. The second kappa shape index (κ2) is 6.20. The van der Waals surface area contributed by atoms with E-state index in [9.17, 15) is 18.4 Å². The van der Waals surface area contributed by atoms with E-state index in [2.05, 4.69) is 5.32 Å². The van der Waals surface area contributed by atoms with Gasteiger partial charge in [-0.15, -0.1) is 0 Å². The monoisotopic (exact) mass is 297 g/mol. The minimum absolute atomic E-state index is 0.0359. The van der Waals surface area contributed by atoms with Gasteiger partial charge >= 0.3 is 5.97 Å². The number of carbonyl (C=O) groups excluding carboxylic acids is 2. The standard InChI is InChI=1S/C15H17F2NO3/c1-8(2)18-13(19)7-21-15(20)11-6-10(11)9-4-3-5-12(16)14(9)17/h3-5,8,10-11H,6-7H2,1-2H3,(H,18,19)/t10-,11-/m0/s1. The maximum atomic E-state index is 13.6. The van der Waals surface area contributed by atoms with Gasteiger partial charge in [-0.2, -0.15) is 0 Å². The summed E-state index contributed by atoms with van der Waals surface area (Å²) in [6.45, 7) is 3.23. The first-order valence-electron chi connectivity index (χ1n) is 6.80. The summed E-state index contributed by atoms with van der Waals surface area (Å²) >= 11 is 0. The summed E-state index contributed by atoms with van der Waals surface area (Å²) < 4.78 is 31.6. The van der Waals surface area contributed by atoms with Gasteiger partial charge in [-0.25, -0.2) is 8.78 Å². The van der Waals surface area contributed by atoms with Crippen LogP contribution in [0.1, 0.15) is 31.7 Å². The third-order valence-electron chi connectivity index (χ3n) is 3.27. The largest absolute Gasteiger partial charge is 0.455 e. The molecule has 114 valence electrons.